The van der Waals surface area contributed by atoms with Crippen molar-refractivity contribution < 1.29 is 39.0 Å². The lowest BCUT2D eigenvalue weighted by Gasteiger charge is -2.26. The van der Waals surface area contributed by atoms with Gasteiger partial charge in [0.25, 0.3) is 0 Å². The highest BCUT2D eigenvalue weighted by Gasteiger charge is 2.32. The van der Waals surface area contributed by atoms with E-state index in [2.05, 4.69) is 16.0 Å². The monoisotopic (exact) mass is 473 g/mol. The van der Waals surface area contributed by atoms with Crippen molar-refractivity contribution in [2.24, 2.45) is 23.3 Å². The number of carbonyl (C=O) groups excluding carboxylic acids is 4. The Labute approximate surface area is 192 Å². The number of hydrogen-bond donors (Lipinski definition) is 7. The van der Waals surface area contributed by atoms with E-state index in [4.69, 9.17) is 16.6 Å². The van der Waals surface area contributed by atoms with Gasteiger partial charge in [-0.15, -0.1) is 0 Å². The molecule has 0 saturated heterocycles. The van der Waals surface area contributed by atoms with Crippen LogP contribution in [0.5, 0.6) is 0 Å². The molecule has 0 aliphatic carbocycles. The molecule has 5 unspecified atom stereocenters. The van der Waals surface area contributed by atoms with Crippen LogP contribution in [-0.4, -0.2) is 69.9 Å². The smallest absolute Gasteiger partial charge is 0.326 e. The maximum atomic E-state index is 12.8. The number of nitrogens with two attached hydrogens (primary N) is 2. The molecule has 0 aromatic heterocycles. The first-order chi connectivity index (χ1) is 15.2. The molecule has 4 amide bonds. The average molecular weight is 474 g/mol. The van der Waals surface area contributed by atoms with E-state index in [1.165, 1.54) is 0 Å². The van der Waals surface area contributed by atoms with Crippen LogP contribution >= 0.6 is 0 Å². The van der Waals surface area contributed by atoms with Gasteiger partial charge >= 0.3 is 11.9 Å². The van der Waals surface area contributed by atoms with E-state index < -0.39 is 72.6 Å². The van der Waals surface area contributed by atoms with Crippen molar-refractivity contribution in [3.05, 3.63) is 0 Å². The van der Waals surface area contributed by atoms with E-state index in [0.717, 1.165) is 0 Å². The molecule has 188 valence electrons. The van der Waals surface area contributed by atoms with Crippen LogP contribution in [0.3, 0.4) is 0 Å². The maximum absolute atomic E-state index is 12.8. The van der Waals surface area contributed by atoms with E-state index in [1.54, 1.807) is 20.8 Å². The van der Waals surface area contributed by atoms with E-state index >= 15 is 0 Å². The van der Waals surface area contributed by atoms with Gasteiger partial charge in [-0.1, -0.05) is 34.1 Å². The number of amides is 4. The summed E-state index contributed by atoms with van der Waals surface area (Å²) in [5, 5.41) is 25.1. The first-order valence-corrected chi connectivity index (χ1v) is 10.6. The molecular formula is C20H35N5O8. The Kier molecular flexibility index (Phi) is 12.7. The average Bonchev–Trinajstić information content (AvgIpc) is 2.69. The quantitative estimate of drug-likeness (QED) is 0.143. The van der Waals surface area contributed by atoms with Crippen molar-refractivity contribution in [3.8, 4) is 0 Å². The summed E-state index contributed by atoms with van der Waals surface area (Å²) in [6.07, 6.45) is -0.771. The van der Waals surface area contributed by atoms with Crippen molar-refractivity contribution in [3.63, 3.8) is 0 Å². The SMILES string of the molecule is CCC(C)C(N)C(=O)NC(CC(=O)O)C(=O)NC(CC(C)C)C(=O)NC(CC(N)=O)C(=O)O. The molecule has 13 heteroatoms. The lowest BCUT2D eigenvalue weighted by molar-refractivity contribution is -0.144. The molecule has 0 spiro atoms. The second kappa shape index (κ2) is 14.0. The van der Waals surface area contributed by atoms with E-state index in [1.807, 2.05) is 6.92 Å². The molecule has 0 aromatic rings. The fourth-order valence-electron chi connectivity index (χ4n) is 2.81. The molecule has 9 N–H and O–H groups in total. The number of carboxylic acid groups (broad SMARTS) is 2. The summed E-state index contributed by atoms with van der Waals surface area (Å²) in [6.45, 7) is 7.03. The van der Waals surface area contributed by atoms with Gasteiger partial charge in [-0.25, -0.2) is 4.79 Å². The van der Waals surface area contributed by atoms with Gasteiger partial charge in [0.05, 0.1) is 18.9 Å². The Balaban J connectivity index is 5.58. The Bertz CT molecular complexity index is 742. The first kappa shape index (κ1) is 29.8. The summed E-state index contributed by atoms with van der Waals surface area (Å²) in [5.74, 6) is -6.75. The lowest BCUT2D eigenvalue weighted by Crippen LogP contribution is -2.58. The van der Waals surface area contributed by atoms with Gasteiger partial charge in [0.15, 0.2) is 0 Å². The molecule has 0 rings (SSSR count). The van der Waals surface area contributed by atoms with E-state index in [-0.39, 0.29) is 18.3 Å². The predicted molar refractivity (Wildman–Crippen MR) is 116 cm³/mol. The van der Waals surface area contributed by atoms with Crippen LogP contribution in [0.4, 0.5) is 0 Å². The minimum Gasteiger partial charge on any atom is -0.481 e. The largest absolute Gasteiger partial charge is 0.481 e. The summed E-state index contributed by atoms with van der Waals surface area (Å²) in [7, 11) is 0. The number of aliphatic carboxylic acids is 2. The van der Waals surface area contributed by atoms with Gasteiger partial charge in [0.1, 0.15) is 18.1 Å². The van der Waals surface area contributed by atoms with Crippen LogP contribution in [-0.2, 0) is 28.8 Å². The fraction of sp³-hybridized carbons (Fsp3) is 0.700. The number of carboxylic acids is 2. The third kappa shape index (κ3) is 11.3. The predicted octanol–water partition coefficient (Wildman–Crippen LogP) is -1.70. The van der Waals surface area contributed by atoms with E-state index in [0.29, 0.717) is 6.42 Å². The van der Waals surface area contributed by atoms with Crippen molar-refractivity contribution in [1.29, 1.82) is 0 Å². The maximum Gasteiger partial charge on any atom is 0.326 e. The fourth-order valence-corrected chi connectivity index (χ4v) is 2.81. The summed E-state index contributed by atoms with van der Waals surface area (Å²) in [5.41, 5.74) is 10.8. The highest BCUT2D eigenvalue weighted by atomic mass is 16.4. The van der Waals surface area contributed by atoms with Crippen molar-refractivity contribution in [2.75, 3.05) is 0 Å². The lowest BCUT2D eigenvalue weighted by atomic mass is 9.98. The zero-order valence-electron chi connectivity index (χ0n) is 19.3. The molecule has 5 atom stereocenters. The normalized spacial score (nSPS) is 15.5. The molecule has 0 aromatic carbocycles. The van der Waals surface area contributed by atoms with Gasteiger partial charge in [-0.05, 0) is 18.3 Å². The number of nitrogens with one attached hydrogen (secondary N) is 3. The van der Waals surface area contributed by atoms with Gasteiger partial charge < -0.3 is 37.6 Å². The molecule has 0 saturated carbocycles. The molecule has 13 nitrogen and oxygen atoms in total. The topological polar surface area (TPSA) is 231 Å². The molecular weight excluding hydrogens is 438 g/mol. The van der Waals surface area contributed by atoms with Crippen molar-refractivity contribution in [2.45, 2.75) is 77.5 Å². The van der Waals surface area contributed by atoms with Gasteiger partial charge in [-0.3, -0.25) is 24.0 Å². The minimum atomic E-state index is -1.61. The highest BCUT2D eigenvalue weighted by Crippen LogP contribution is 2.09. The van der Waals surface area contributed by atoms with Crippen molar-refractivity contribution >= 4 is 35.6 Å². The highest BCUT2D eigenvalue weighted by molar-refractivity contribution is 5.96. The zero-order chi connectivity index (χ0) is 25.9. The van der Waals surface area contributed by atoms with Crippen molar-refractivity contribution in [1.82, 2.24) is 16.0 Å². The molecule has 33 heavy (non-hydrogen) atoms. The molecule has 0 bridgehead atoms. The second-order valence-corrected chi connectivity index (χ2v) is 8.33. The number of carbonyl (C=O) groups is 6. The van der Waals surface area contributed by atoms with Crippen LogP contribution < -0.4 is 27.4 Å². The van der Waals surface area contributed by atoms with Gasteiger partial charge in [-0.2, -0.15) is 0 Å². The number of primary amides is 1. The standard InChI is InChI=1S/C20H35N5O8/c1-5-10(4)16(22)19(31)24-12(8-15(27)28)18(30)23-11(6-9(2)3)17(29)25-13(20(32)33)7-14(21)26/h9-13,16H,5-8,22H2,1-4H3,(H2,21,26)(H,23,30)(H,24,31)(H,25,29)(H,27,28)(H,32,33). The van der Waals surface area contributed by atoms with Crippen LogP contribution in [0.1, 0.15) is 53.4 Å². The number of rotatable bonds is 15. The van der Waals surface area contributed by atoms with Crippen LogP contribution in [0.2, 0.25) is 0 Å². The Morgan fingerprint density at radius 1 is 0.788 bits per heavy atom. The van der Waals surface area contributed by atoms with Gasteiger partial charge in [0.2, 0.25) is 23.6 Å². The molecule has 0 radical (unpaired) electrons. The summed E-state index contributed by atoms with van der Waals surface area (Å²) in [6, 6.07) is -5.36. The summed E-state index contributed by atoms with van der Waals surface area (Å²) < 4.78 is 0. The van der Waals surface area contributed by atoms with Gasteiger partial charge in [0, 0.05) is 0 Å². The van der Waals surface area contributed by atoms with E-state index in [9.17, 15) is 33.9 Å². The summed E-state index contributed by atoms with van der Waals surface area (Å²) in [4.78, 5) is 71.4. The molecule has 0 aliphatic heterocycles. The molecule has 0 fully saturated rings. The summed E-state index contributed by atoms with van der Waals surface area (Å²) >= 11 is 0. The van der Waals surface area contributed by atoms with Crippen LogP contribution in [0, 0.1) is 11.8 Å². The molecule has 0 heterocycles. The Morgan fingerprint density at radius 2 is 1.27 bits per heavy atom. The van der Waals surface area contributed by atoms with Crippen LogP contribution in [0.15, 0.2) is 0 Å². The first-order valence-electron chi connectivity index (χ1n) is 10.6. The van der Waals surface area contributed by atoms with Crippen LogP contribution in [0.25, 0.3) is 0 Å². The number of hydrogen-bond acceptors (Lipinski definition) is 7. The zero-order valence-corrected chi connectivity index (χ0v) is 19.3. The minimum absolute atomic E-state index is 0.0700. The third-order valence-corrected chi connectivity index (χ3v) is 4.93. The molecule has 0 aliphatic rings. The third-order valence-electron chi connectivity index (χ3n) is 4.93. The second-order valence-electron chi connectivity index (χ2n) is 8.33. The Hall–Kier alpha value is -3.22. The Morgan fingerprint density at radius 3 is 1.70 bits per heavy atom.